The van der Waals surface area contributed by atoms with E-state index in [0.29, 0.717) is 12.1 Å². The minimum Gasteiger partial charge on any atom is -0.326 e. The van der Waals surface area contributed by atoms with Crippen LogP contribution < -0.4 is 5.32 Å². The third-order valence-corrected chi connectivity index (χ3v) is 5.87. The van der Waals surface area contributed by atoms with Gasteiger partial charge in [0.15, 0.2) is 0 Å². The van der Waals surface area contributed by atoms with Crippen molar-refractivity contribution in [3.63, 3.8) is 0 Å². The topological polar surface area (TPSA) is 72.2 Å². The largest absolute Gasteiger partial charge is 0.326 e. The Hall–Kier alpha value is -1.91. The summed E-state index contributed by atoms with van der Waals surface area (Å²) in [4.78, 5) is 22.1. The van der Waals surface area contributed by atoms with Gasteiger partial charge in [0.05, 0.1) is 4.92 Å². The summed E-state index contributed by atoms with van der Waals surface area (Å²) in [5.74, 6) is -0.0187. The van der Waals surface area contributed by atoms with Gasteiger partial charge >= 0.3 is 0 Å². The molecule has 5 nitrogen and oxygen atoms in total. The minimum absolute atomic E-state index is 0.0187. The Kier molecular flexibility index (Phi) is 16.5. The molecular formula is C26H44N2O3. The maximum atomic E-state index is 11.9. The van der Waals surface area contributed by atoms with Crippen LogP contribution in [-0.4, -0.2) is 10.8 Å². The lowest BCUT2D eigenvalue weighted by atomic mass is 10.0. The van der Waals surface area contributed by atoms with Crippen molar-refractivity contribution in [3.05, 3.63) is 34.4 Å². The second-order valence-corrected chi connectivity index (χ2v) is 8.76. The Morgan fingerprint density at radius 2 is 1.10 bits per heavy atom. The molecule has 31 heavy (non-hydrogen) atoms. The highest BCUT2D eigenvalue weighted by molar-refractivity contribution is 5.90. The van der Waals surface area contributed by atoms with Crippen LogP contribution >= 0.6 is 0 Å². The Bertz CT molecular complexity index is 587. The van der Waals surface area contributed by atoms with Crippen molar-refractivity contribution in [2.45, 2.75) is 122 Å². The number of rotatable bonds is 20. The molecular weight excluding hydrogens is 388 g/mol. The van der Waals surface area contributed by atoms with Crippen molar-refractivity contribution >= 4 is 17.3 Å². The molecule has 0 radical (unpaired) electrons. The van der Waals surface area contributed by atoms with Gasteiger partial charge in [-0.15, -0.1) is 0 Å². The van der Waals surface area contributed by atoms with E-state index in [2.05, 4.69) is 12.2 Å². The molecule has 0 aliphatic rings. The summed E-state index contributed by atoms with van der Waals surface area (Å²) in [6, 6.07) is 5.96. The number of amides is 1. The molecule has 0 saturated heterocycles. The van der Waals surface area contributed by atoms with Crippen LogP contribution in [0.1, 0.15) is 122 Å². The fourth-order valence-electron chi connectivity index (χ4n) is 3.90. The van der Waals surface area contributed by atoms with Crippen LogP contribution in [0.4, 0.5) is 11.4 Å². The maximum Gasteiger partial charge on any atom is 0.269 e. The lowest BCUT2D eigenvalue weighted by Crippen LogP contribution is -2.10. The minimum atomic E-state index is -0.442. The first-order chi connectivity index (χ1) is 15.1. The number of nitrogens with zero attached hydrogens (tertiary/aromatic N) is 1. The van der Waals surface area contributed by atoms with Gasteiger partial charge in [0.2, 0.25) is 5.91 Å². The third kappa shape index (κ3) is 15.5. The summed E-state index contributed by atoms with van der Waals surface area (Å²) in [5, 5.41) is 13.4. The second-order valence-electron chi connectivity index (χ2n) is 8.76. The van der Waals surface area contributed by atoms with Gasteiger partial charge in [0.1, 0.15) is 0 Å². The van der Waals surface area contributed by atoms with Crippen molar-refractivity contribution in [3.8, 4) is 0 Å². The Morgan fingerprint density at radius 3 is 1.48 bits per heavy atom. The molecule has 0 aromatic heterocycles. The van der Waals surface area contributed by atoms with Crippen LogP contribution in [-0.2, 0) is 4.79 Å². The van der Waals surface area contributed by atoms with Crippen molar-refractivity contribution in [2.24, 2.45) is 0 Å². The smallest absolute Gasteiger partial charge is 0.269 e. The molecule has 1 rings (SSSR count). The first-order valence-electron chi connectivity index (χ1n) is 12.7. The average molecular weight is 433 g/mol. The van der Waals surface area contributed by atoms with Crippen LogP contribution in [0, 0.1) is 10.1 Å². The van der Waals surface area contributed by atoms with E-state index in [-0.39, 0.29) is 11.6 Å². The number of nitrogens with one attached hydrogen (secondary N) is 1. The lowest BCUT2D eigenvalue weighted by Gasteiger charge is -2.05. The zero-order valence-corrected chi connectivity index (χ0v) is 19.7. The summed E-state index contributed by atoms with van der Waals surface area (Å²) >= 11 is 0. The number of nitro groups is 1. The molecule has 0 spiro atoms. The molecule has 0 saturated carbocycles. The second kappa shape index (κ2) is 18.8. The van der Waals surface area contributed by atoms with Gasteiger partial charge in [-0.2, -0.15) is 0 Å². The monoisotopic (exact) mass is 432 g/mol. The standard InChI is InChI=1S/C26H44N2O3/c1-2-3-4-5-6-7-8-9-10-11-12-13-14-15-16-17-18-19-26(29)27-24-20-22-25(23-21-24)28(30)31/h20-23H,2-19H2,1H3,(H,27,29). The molecule has 0 aliphatic carbocycles. The summed E-state index contributed by atoms with van der Waals surface area (Å²) in [6.45, 7) is 2.27. The molecule has 0 heterocycles. The van der Waals surface area contributed by atoms with E-state index in [4.69, 9.17) is 0 Å². The van der Waals surface area contributed by atoms with E-state index in [1.54, 1.807) is 12.1 Å². The molecule has 1 amide bonds. The van der Waals surface area contributed by atoms with Crippen molar-refractivity contribution < 1.29 is 9.72 Å². The molecule has 0 aliphatic heterocycles. The van der Waals surface area contributed by atoms with Gasteiger partial charge in [-0.05, 0) is 18.6 Å². The molecule has 1 aromatic rings. The lowest BCUT2D eigenvalue weighted by molar-refractivity contribution is -0.384. The molecule has 1 N–H and O–H groups in total. The number of hydrogen-bond donors (Lipinski definition) is 1. The van der Waals surface area contributed by atoms with Gasteiger partial charge in [0.25, 0.3) is 5.69 Å². The predicted molar refractivity (Wildman–Crippen MR) is 131 cm³/mol. The van der Waals surface area contributed by atoms with E-state index in [9.17, 15) is 14.9 Å². The molecule has 0 bridgehead atoms. The van der Waals surface area contributed by atoms with Crippen LogP contribution in [0.25, 0.3) is 0 Å². The molecule has 176 valence electrons. The maximum absolute atomic E-state index is 11.9. The van der Waals surface area contributed by atoms with Crippen molar-refractivity contribution in [1.82, 2.24) is 0 Å². The number of carbonyl (C=O) groups is 1. The molecule has 0 unspecified atom stereocenters. The van der Waals surface area contributed by atoms with E-state index in [1.807, 2.05) is 0 Å². The summed E-state index contributed by atoms with van der Waals surface area (Å²) in [5.41, 5.74) is 0.647. The predicted octanol–water partition coefficient (Wildman–Crippen LogP) is 8.58. The molecule has 0 atom stereocenters. The van der Waals surface area contributed by atoms with Crippen molar-refractivity contribution in [2.75, 3.05) is 5.32 Å². The number of benzene rings is 1. The van der Waals surface area contributed by atoms with Gasteiger partial charge in [-0.25, -0.2) is 0 Å². The number of hydrogen-bond acceptors (Lipinski definition) is 3. The van der Waals surface area contributed by atoms with Crippen molar-refractivity contribution in [1.29, 1.82) is 0 Å². The van der Waals surface area contributed by atoms with Gasteiger partial charge in [0, 0.05) is 24.2 Å². The fourth-order valence-corrected chi connectivity index (χ4v) is 3.90. The van der Waals surface area contributed by atoms with E-state index >= 15 is 0 Å². The normalized spacial score (nSPS) is 10.9. The number of unbranched alkanes of at least 4 members (excludes halogenated alkanes) is 16. The highest BCUT2D eigenvalue weighted by Crippen LogP contribution is 2.17. The quantitative estimate of drug-likeness (QED) is 0.127. The summed E-state index contributed by atoms with van der Waals surface area (Å²) < 4.78 is 0. The Morgan fingerprint density at radius 1 is 0.710 bits per heavy atom. The van der Waals surface area contributed by atoms with Gasteiger partial charge in [-0.1, -0.05) is 110 Å². The van der Waals surface area contributed by atoms with Crippen LogP contribution in [0.2, 0.25) is 0 Å². The zero-order valence-electron chi connectivity index (χ0n) is 19.7. The number of carbonyl (C=O) groups excluding carboxylic acids is 1. The SMILES string of the molecule is CCCCCCCCCCCCCCCCCCCC(=O)Nc1ccc([N+](=O)[O-])cc1. The summed E-state index contributed by atoms with van der Waals surface area (Å²) in [7, 11) is 0. The zero-order chi connectivity index (χ0) is 22.6. The molecule has 5 heteroatoms. The first-order valence-corrected chi connectivity index (χ1v) is 12.7. The molecule has 0 fully saturated rings. The average Bonchev–Trinajstić information content (AvgIpc) is 2.76. The van der Waals surface area contributed by atoms with Gasteiger partial charge in [-0.3, -0.25) is 14.9 Å². The van der Waals surface area contributed by atoms with Crippen LogP contribution in [0.3, 0.4) is 0 Å². The van der Waals surface area contributed by atoms with E-state index in [0.717, 1.165) is 12.8 Å². The third-order valence-electron chi connectivity index (χ3n) is 5.87. The Labute approximate surface area is 189 Å². The van der Waals surface area contributed by atoms with Crippen LogP contribution in [0.5, 0.6) is 0 Å². The number of nitro benzene ring substituents is 1. The Balaban J connectivity index is 1.84. The first kappa shape index (κ1) is 27.1. The fraction of sp³-hybridized carbons (Fsp3) is 0.731. The number of anilines is 1. The van der Waals surface area contributed by atoms with E-state index in [1.165, 1.54) is 108 Å². The summed E-state index contributed by atoms with van der Waals surface area (Å²) in [6.07, 6.45) is 23.1. The number of non-ortho nitro benzene ring substituents is 1. The molecule has 1 aromatic carbocycles. The highest BCUT2D eigenvalue weighted by Gasteiger charge is 2.06. The highest BCUT2D eigenvalue weighted by atomic mass is 16.6. The van der Waals surface area contributed by atoms with E-state index < -0.39 is 4.92 Å². The van der Waals surface area contributed by atoms with Gasteiger partial charge < -0.3 is 5.32 Å². The van der Waals surface area contributed by atoms with Crippen LogP contribution in [0.15, 0.2) is 24.3 Å².